The van der Waals surface area contributed by atoms with Crippen molar-refractivity contribution in [3.05, 3.63) is 80.7 Å². The minimum atomic E-state index is -1.40. The fourth-order valence-corrected chi connectivity index (χ4v) is 5.64. The van der Waals surface area contributed by atoms with E-state index in [4.69, 9.17) is 4.74 Å². The standard InChI is InChI=1S/C29H25F2N3O6.CH4/c1-40-26-23-19(25(35)20(29(38)39)13-33(23)16-8-9-16)11-21(30)24(26)32-10-4-5-15(12-32)22(31)14-34-27(36)17-6-2-3-7-18(17)28(34)37;/h2-3,6-7,11,13,16H,4-5,8-10,12,14H2,1H3,(H,38,39);1H4/b22-15+;. The van der Waals surface area contributed by atoms with Gasteiger partial charge in [-0.1, -0.05) is 19.6 Å². The maximum atomic E-state index is 15.7. The first-order valence-corrected chi connectivity index (χ1v) is 13.0. The molecule has 41 heavy (non-hydrogen) atoms. The van der Waals surface area contributed by atoms with Crippen molar-refractivity contribution >= 4 is 34.4 Å². The first kappa shape index (κ1) is 28.0. The fraction of sp³-hybridized carbons (Fsp3) is 0.333. The van der Waals surface area contributed by atoms with E-state index >= 15 is 8.78 Å². The van der Waals surface area contributed by atoms with Crippen LogP contribution in [0.2, 0.25) is 0 Å². The molecule has 0 spiro atoms. The van der Waals surface area contributed by atoms with Gasteiger partial charge in [-0.05, 0) is 49.5 Å². The van der Waals surface area contributed by atoms with E-state index in [1.54, 1.807) is 21.6 Å². The summed E-state index contributed by atoms with van der Waals surface area (Å²) in [4.78, 5) is 52.6. The largest absolute Gasteiger partial charge is 0.492 e. The number of ether oxygens (including phenoxy) is 1. The molecule has 1 N–H and O–H groups in total. The number of hydrogen-bond acceptors (Lipinski definition) is 6. The van der Waals surface area contributed by atoms with E-state index in [-0.39, 0.29) is 48.0 Å². The van der Waals surface area contributed by atoms with Crippen molar-refractivity contribution in [1.82, 2.24) is 9.47 Å². The van der Waals surface area contributed by atoms with Gasteiger partial charge in [-0.15, -0.1) is 0 Å². The number of aromatic carboxylic acids is 1. The van der Waals surface area contributed by atoms with Crippen LogP contribution in [0.25, 0.3) is 10.9 Å². The second-order valence-electron chi connectivity index (χ2n) is 10.2. The van der Waals surface area contributed by atoms with Crippen molar-refractivity contribution in [2.24, 2.45) is 0 Å². The van der Waals surface area contributed by atoms with Crippen molar-refractivity contribution < 1.29 is 33.0 Å². The minimum Gasteiger partial charge on any atom is -0.492 e. The summed E-state index contributed by atoms with van der Waals surface area (Å²) in [6.07, 6.45) is 3.65. The number of benzene rings is 2. The molecule has 3 aromatic rings. The highest BCUT2D eigenvalue weighted by Gasteiger charge is 2.37. The zero-order valence-electron chi connectivity index (χ0n) is 21.6. The second kappa shape index (κ2) is 10.5. The predicted molar refractivity (Wildman–Crippen MR) is 148 cm³/mol. The SMILES string of the molecule is C.COc1c(N2CCC/C(=C(\F)CN3C(=O)c4ccccc4C3=O)C2)c(F)cc2c(=O)c(C(=O)O)cn(C3CC3)c12. The van der Waals surface area contributed by atoms with Crippen LogP contribution in [0.5, 0.6) is 5.75 Å². The van der Waals surface area contributed by atoms with Gasteiger partial charge in [0.15, 0.2) is 11.6 Å². The quantitative estimate of drug-likeness (QED) is 0.422. The van der Waals surface area contributed by atoms with Crippen LogP contribution in [0.1, 0.15) is 70.2 Å². The van der Waals surface area contributed by atoms with Gasteiger partial charge in [0.25, 0.3) is 11.8 Å². The third-order valence-electron chi connectivity index (χ3n) is 7.74. The lowest BCUT2D eigenvalue weighted by molar-refractivity contribution is 0.0655. The topological polar surface area (TPSA) is 109 Å². The molecular weight excluding hydrogens is 536 g/mol. The van der Waals surface area contributed by atoms with Crippen molar-refractivity contribution in [3.63, 3.8) is 0 Å². The molecule has 3 aliphatic rings. The highest BCUT2D eigenvalue weighted by atomic mass is 19.1. The van der Waals surface area contributed by atoms with E-state index in [1.165, 1.54) is 25.4 Å². The molecule has 1 aliphatic carbocycles. The van der Waals surface area contributed by atoms with E-state index in [1.807, 2.05) is 0 Å². The third-order valence-corrected chi connectivity index (χ3v) is 7.74. The number of carboxylic acid groups (broad SMARTS) is 1. The number of carboxylic acids is 1. The number of amides is 2. The van der Waals surface area contributed by atoms with E-state index in [9.17, 15) is 24.3 Å². The van der Waals surface area contributed by atoms with Crippen LogP contribution in [-0.4, -0.2) is 59.1 Å². The Balaban J connectivity index is 0.00000337. The summed E-state index contributed by atoms with van der Waals surface area (Å²) in [6.45, 7) is -0.176. The molecule has 3 heterocycles. The normalized spacial score (nSPS) is 17.9. The lowest BCUT2D eigenvalue weighted by Crippen LogP contribution is -2.35. The van der Waals surface area contributed by atoms with Gasteiger partial charge in [0.1, 0.15) is 17.1 Å². The summed E-state index contributed by atoms with van der Waals surface area (Å²) in [5, 5.41) is 9.44. The van der Waals surface area contributed by atoms with Crippen LogP contribution < -0.4 is 15.1 Å². The summed E-state index contributed by atoms with van der Waals surface area (Å²) < 4.78 is 38.6. The first-order chi connectivity index (χ1) is 19.2. The molecular formula is C30H29F2N3O6. The molecule has 9 nitrogen and oxygen atoms in total. The number of piperidine rings is 1. The highest BCUT2D eigenvalue weighted by Crippen LogP contribution is 2.44. The smallest absolute Gasteiger partial charge is 0.341 e. The van der Waals surface area contributed by atoms with Crippen molar-refractivity contribution in [1.29, 1.82) is 0 Å². The zero-order valence-corrected chi connectivity index (χ0v) is 21.6. The van der Waals surface area contributed by atoms with Gasteiger partial charge in [0.05, 0.1) is 35.7 Å². The van der Waals surface area contributed by atoms with Crippen LogP contribution in [-0.2, 0) is 0 Å². The van der Waals surface area contributed by atoms with E-state index in [0.717, 1.165) is 23.8 Å². The molecule has 0 unspecified atom stereocenters. The molecule has 214 valence electrons. The van der Waals surface area contributed by atoms with Gasteiger partial charge in [-0.2, -0.15) is 0 Å². The molecule has 0 atom stereocenters. The minimum absolute atomic E-state index is 0. The summed E-state index contributed by atoms with van der Waals surface area (Å²) in [5.74, 6) is -3.90. The Kier molecular flexibility index (Phi) is 7.14. The molecule has 1 saturated heterocycles. The van der Waals surface area contributed by atoms with Crippen LogP contribution in [0.15, 0.2) is 52.7 Å². The average Bonchev–Trinajstić information content (AvgIpc) is 3.77. The van der Waals surface area contributed by atoms with Gasteiger partial charge in [0.2, 0.25) is 5.43 Å². The van der Waals surface area contributed by atoms with Gasteiger partial charge >= 0.3 is 5.97 Å². The molecule has 2 fully saturated rings. The fourth-order valence-electron chi connectivity index (χ4n) is 5.64. The summed E-state index contributed by atoms with van der Waals surface area (Å²) in [6, 6.07) is 7.29. The molecule has 0 bridgehead atoms. The number of fused-ring (bicyclic) bond motifs is 2. The number of carbonyl (C=O) groups excluding carboxylic acids is 2. The lowest BCUT2D eigenvalue weighted by Gasteiger charge is -2.33. The van der Waals surface area contributed by atoms with Crippen LogP contribution in [0.3, 0.4) is 0 Å². The number of halogens is 2. The number of hydrogen-bond donors (Lipinski definition) is 1. The van der Waals surface area contributed by atoms with Crippen molar-refractivity contribution in [3.8, 4) is 5.75 Å². The Morgan fingerprint density at radius 3 is 2.37 bits per heavy atom. The number of nitrogens with zero attached hydrogens (tertiary/aromatic N) is 3. The zero-order chi connectivity index (χ0) is 28.3. The summed E-state index contributed by atoms with van der Waals surface area (Å²) in [5.41, 5.74) is -0.152. The van der Waals surface area contributed by atoms with E-state index in [2.05, 4.69) is 0 Å². The number of imide groups is 1. The Bertz CT molecular complexity index is 1670. The first-order valence-electron chi connectivity index (χ1n) is 13.0. The van der Waals surface area contributed by atoms with E-state index in [0.29, 0.717) is 30.5 Å². The maximum absolute atomic E-state index is 15.7. The predicted octanol–water partition coefficient (Wildman–Crippen LogP) is 4.94. The number of anilines is 1. The van der Waals surface area contributed by atoms with Crippen LogP contribution in [0.4, 0.5) is 14.5 Å². The van der Waals surface area contributed by atoms with Crippen LogP contribution >= 0.6 is 0 Å². The van der Waals surface area contributed by atoms with Crippen molar-refractivity contribution in [2.75, 3.05) is 31.6 Å². The lowest BCUT2D eigenvalue weighted by atomic mass is 10.0. The molecule has 6 rings (SSSR count). The number of methoxy groups -OCH3 is 1. The van der Waals surface area contributed by atoms with Gasteiger partial charge < -0.3 is 19.3 Å². The molecule has 0 radical (unpaired) electrons. The highest BCUT2D eigenvalue weighted by molar-refractivity contribution is 6.21. The third kappa shape index (κ3) is 4.55. The maximum Gasteiger partial charge on any atom is 0.341 e. The van der Waals surface area contributed by atoms with Crippen molar-refractivity contribution in [2.45, 2.75) is 39.2 Å². The Morgan fingerprint density at radius 1 is 1.12 bits per heavy atom. The monoisotopic (exact) mass is 565 g/mol. The number of pyridine rings is 1. The summed E-state index contributed by atoms with van der Waals surface area (Å²) in [7, 11) is 1.34. The number of aromatic nitrogens is 1. The molecule has 2 aromatic carbocycles. The molecule has 2 aliphatic heterocycles. The molecule has 1 aromatic heterocycles. The van der Waals surface area contributed by atoms with Gasteiger partial charge in [-0.25, -0.2) is 13.6 Å². The Morgan fingerprint density at radius 2 is 1.78 bits per heavy atom. The Hall–Kier alpha value is -4.54. The molecule has 11 heteroatoms. The second-order valence-corrected chi connectivity index (χ2v) is 10.2. The van der Waals surface area contributed by atoms with Gasteiger partial charge in [-0.3, -0.25) is 19.3 Å². The average molecular weight is 566 g/mol. The summed E-state index contributed by atoms with van der Waals surface area (Å²) >= 11 is 0. The Labute approximate surface area is 234 Å². The molecule has 1 saturated carbocycles. The van der Waals surface area contributed by atoms with Crippen LogP contribution in [0, 0.1) is 5.82 Å². The number of carbonyl (C=O) groups is 3. The van der Waals surface area contributed by atoms with E-state index < -0.39 is 47.0 Å². The number of rotatable bonds is 6. The van der Waals surface area contributed by atoms with Gasteiger partial charge in [0, 0.05) is 25.3 Å². The molecule has 2 amide bonds.